The fraction of sp³-hybridized carbons (Fsp3) is 0.545. The second-order valence-electron chi connectivity index (χ2n) is 4.56. The maximum absolute atomic E-state index is 4.56. The van der Waals surface area contributed by atoms with E-state index in [0.29, 0.717) is 0 Å². The molecule has 1 aliphatic rings. The van der Waals surface area contributed by atoms with Gasteiger partial charge in [0.15, 0.2) is 0 Å². The fourth-order valence-electron chi connectivity index (χ4n) is 1.80. The van der Waals surface area contributed by atoms with Crippen molar-refractivity contribution in [2.24, 2.45) is 10.2 Å². The Bertz CT molecular complexity index is 476. The van der Waals surface area contributed by atoms with Crippen LogP contribution in [-0.2, 0) is 6.42 Å². The summed E-state index contributed by atoms with van der Waals surface area (Å²) >= 11 is 0.822. The number of nitrogens with zero attached hydrogens (tertiary/aromatic N) is 4. The van der Waals surface area contributed by atoms with Crippen molar-refractivity contribution in [2.75, 3.05) is 0 Å². The zero-order valence-corrected chi connectivity index (χ0v) is 15.3. The van der Waals surface area contributed by atoms with Crippen LogP contribution in [0.5, 0.6) is 0 Å². The minimum absolute atomic E-state index is 0.174. The summed E-state index contributed by atoms with van der Waals surface area (Å²) in [4.78, 5) is 1.25. The summed E-state index contributed by atoms with van der Waals surface area (Å²) in [5.41, 5.74) is 0.951. The molecule has 0 saturated carbocycles. The first-order valence-electron chi connectivity index (χ1n) is 5.73. The van der Waals surface area contributed by atoms with Gasteiger partial charge in [0.25, 0.3) is 0 Å². The molecule has 6 heteroatoms. The summed E-state index contributed by atoms with van der Waals surface area (Å²) in [6.07, 6.45) is 4.13. The van der Waals surface area contributed by atoms with E-state index >= 15 is 0 Å². The van der Waals surface area contributed by atoms with Crippen LogP contribution in [-0.4, -0.2) is 38.2 Å². The molecule has 1 aromatic rings. The molecule has 0 aliphatic carbocycles. The molecule has 0 unspecified atom stereocenters. The van der Waals surface area contributed by atoms with Crippen LogP contribution in [0.25, 0.3) is 5.82 Å². The van der Waals surface area contributed by atoms with Crippen LogP contribution in [0.15, 0.2) is 27.4 Å². The SMILES string of the molecule is CCCc1ccn(C2=C([S][InH])C(C)(C)N=N2)n1. The van der Waals surface area contributed by atoms with Crippen LogP contribution < -0.4 is 0 Å². The molecule has 2 heterocycles. The normalized spacial score (nSPS) is 18.1. The zero-order valence-electron chi connectivity index (χ0n) is 10.5. The van der Waals surface area contributed by atoms with E-state index in [1.807, 2.05) is 19.5 Å². The van der Waals surface area contributed by atoms with Gasteiger partial charge in [0.05, 0.1) is 0 Å². The van der Waals surface area contributed by atoms with E-state index in [-0.39, 0.29) is 5.54 Å². The number of aryl methyl sites for hydroxylation is 1. The Balaban J connectivity index is 2.35. The van der Waals surface area contributed by atoms with E-state index in [4.69, 9.17) is 0 Å². The Morgan fingerprint density at radius 2 is 2.24 bits per heavy atom. The van der Waals surface area contributed by atoms with E-state index in [1.54, 1.807) is 0 Å². The van der Waals surface area contributed by atoms with Gasteiger partial charge in [-0.1, -0.05) is 0 Å². The molecule has 0 N–H and O–H groups in total. The quantitative estimate of drug-likeness (QED) is 0.837. The van der Waals surface area contributed by atoms with Gasteiger partial charge in [-0.25, -0.2) is 0 Å². The minimum atomic E-state index is -0.174. The van der Waals surface area contributed by atoms with Crippen molar-refractivity contribution in [1.82, 2.24) is 9.78 Å². The molecule has 0 atom stereocenters. The number of hydrogen-bond donors (Lipinski definition) is 0. The van der Waals surface area contributed by atoms with E-state index in [2.05, 4.69) is 42.2 Å². The molecule has 0 bridgehead atoms. The summed E-state index contributed by atoms with van der Waals surface area (Å²) in [5.74, 6) is 0.908. The number of azo groups is 1. The first-order valence-corrected chi connectivity index (χ1v) is 11.7. The van der Waals surface area contributed by atoms with Crippen molar-refractivity contribution < 1.29 is 0 Å². The Kier molecular flexibility index (Phi) is 4.02. The summed E-state index contributed by atoms with van der Waals surface area (Å²) in [6, 6.07) is 2.06. The Labute approximate surface area is 119 Å². The number of aromatic nitrogens is 2. The van der Waals surface area contributed by atoms with Crippen LogP contribution in [0.2, 0.25) is 0 Å². The van der Waals surface area contributed by atoms with Crippen molar-refractivity contribution in [1.29, 1.82) is 0 Å². The van der Waals surface area contributed by atoms with E-state index < -0.39 is 0 Å². The number of rotatable bonds is 4. The van der Waals surface area contributed by atoms with Gasteiger partial charge in [-0.05, 0) is 0 Å². The summed E-state index contributed by atoms with van der Waals surface area (Å²) in [7, 11) is 1.87. The van der Waals surface area contributed by atoms with Crippen molar-refractivity contribution in [3.63, 3.8) is 0 Å². The molecule has 89 valence electrons. The topological polar surface area (TPSA) is 42.5 Å². The third-order valence-corrected chi connectivity index (χ3v) is 6.11. The van der Waals surface area contributed by atoms with Crippen LogP contribution >= 0.6 is 8.59 Å². The van der Waals surface area contributed by atoms with Crippen molar-refractivity contribution >= 4 is 37.3 Å². The van der Waals surface area contributed by atoms with Crippen LogP contribution in [0, 0.1) is 0 Å². The maximum atomic E-state index is 4.56. The molecule has 0 fully saturated rings. The molecule has 0 amide bonds. The van der Waals surface area contributed by atoms with E-state index in [9.17, 15) is 0 Å². The molecule has 1 aliphatic heterocycles. The standard InChI is InChI=1S/C11H16N4S.In.H/c1-4-5-8-6-7-15(13-8)10-9(16)11(2,3)14-12-10;;/h6-7,16H,4-5H2,1-3H3;;/q;+1;/p-1. The average molecular weight is 351 g/mol. The summed E-state index contributed by atoms with van der Waals surface area (Å²) in [5, 5.41) is 13.2. The first kappa shape index (κ1) is 13.2. The van der Waals surface area contributed by atoms with Crippen molar-refractivity contribution in [3.05, 3.63) is 22.9 Å². The van der Waals surface area contributed by atoms with Gasteiger partial charge in [-0.15, -0.1) is 0 Å². The monoisotopic (exact) mass is 351 g/mol. The van der Waals surface area contributed by atoms with Crippen LogP contribution in [0.1, 0.15) is 32.9 Å². The van der Waals surface area contributed by atoms with Gasteiger partial charge in [0, 0.05) is 0 Å². The van der Waals surface area contributed by atoms with E-state index in [0.717, 1.165) is 47.3 Å². The van der Waals surface area contributed by atoms with Crippen molar-refractivity contribution in [3.8, 4) is 0 Å². The molecule has 4 nitrogen and oxygen atoms in total. The summed E-state index contributed by atoms with van der Waals surface area (Å²) < 4.78 is 1.87. The molecule has 1 radical (unpaired) electrons. The Hall–Kier alpha value is -0.230. The van der Waals surface area contributed by atoms with Gasteiger partial charge in [0.1, 0.15) is 0 Å². The molecule has 0 saturated heterocycles. The molecule has 0 aromatic carbocycles. The predicted molar refractivity (Wildman–Crippen MR) is 73.1 cm³/mol. The third-order valence-electron chi connectivity index (χ3n) is 2.67. The van der Waals surface area contributed by atoms with Gasteiger partial charge in [-0.3, -0.25) is 0 Å². The van der Waals surface area contributed by atoms with Gasteiger partial charge in [-0.2, -0.15) is 0 Å². The molecular formula is C11H16InN4S. The predicted octanol–water partition coefficient (Wildman–Crippen LogP) is 2.76. The zero-order chi connectivity index (χ0) is 12.5. The molecule has 0 spiro atoms. The van der Waals surface area contributed by atoms with Gasteiger partial charge >= 0.3 is 119 Å². The second kappa shape index (κ2) is 5.18. The van der Waals surface area contributed by atoms with Crippen LogP contribution in [0.3, 0.4) is 0 Å². The van der Waals surface area contributed by atoms with Gasteiger partial charge in [0.2, 0.25) is 0 Å². The molecule has 17 heavy (non-hydrogen) atoms. The Morgan fingerprint density at radius 1 is 1.47 bits per heavy atom. The van der Waals surface area contributed by atoms with Crippen LogP contribution in [0.4, 0.5) is 0 Å². The van der Waals surface area contributed by atoms with Crippen molar-refractivity contribution in [2.45, 2.75) is 39.2 Å². The van der Waals surface area contributed by atoms with Gasteiger partial charge < -0.3 is 0 Å². The molecule has 2 rings (SSSR count). The van der Waals surface area contributed by atoms with E-state index in [1.165, 1.54) is 4.91 Å². The average Bonchev–Trinajstić information content (AvgIpc) is 2.82. The molecular weight excluding hydrogens is 335 g/mol. The second-order valence-corrected chi connectivity index (χ2v) is 7.73. The number of hydrogen-bond acceptors (Lipinski definition) is 4. The Morgan fingerprint density at radius 3 is 2.88 bits per heavy atom. The first-order chi connectivity index (χ1) is 8.08. The third kappa shape index (κ3) is 2.62. The summed E-state index contributed by atoms with van der Waals surface area (Å²) in [6.45, 7) is 6.37. The molecule has 1 aromatic heterocycles. The fourth-order valence-corrected chi connectivity index (χ4v) is 6.58.